The van der Waals surface area contributed by atoms with Crippen molar-refractivity contribution < 1.29 is 4.12 Å². The molecule has 4 aromatic rings. The number of hydrogen-bond acceptors (Lipinski definition) is 1. The maximum absolute atomic E-state index is 7.53. The van der Waals surface area contributed by atoms with Crippen LogP contribution in [0.25, 0.3) is 22.3 Å². The zero-order valence-electron chi connectivity index (χ0n) is 16.6. The highest BCUT2D eigenvalue weighted by atomic mass is 28.4. The average molecular weight is 407 g/mol. The van der Waals surface area contributed by atoms with E-state index in [-0.39, 0.29) is 0 Å². The largest absolute Gasteiger partial charge is 0.442 e. The Morgan fingerprint density at radius 3 is 0.931 bits per heavy atom. The van der Waals surface area contributed by atoms with E-state index >= 15 is 0 Å². The monoisotopic (exact) mass is 406 g/mol. The van der Waals surface area contributed by atoms with Crippen LogP contribution in [0.3, 0.4) is 0 Å². The van der Waals surface area contributed by atoms with E-state index < -0.39 is 16.6 Å². The van der Waals surface area contributed by atoms with Gasteiger partial charge in [0, 0.05) is 0 Å². The van der Waals surface area contributed by atoms with Gasteiger partial charge < -0.3 is 4.12 Å². The molecule has 0 spiro atoms. The second-order valence-corrected chi connectivity index (χ2v) is 15.5. The third kappa shape index (κ3) is 2.18. The molecule has 0 unspecified atom stereocenters. The van der Waals surface area contributed by atoms with E-state index in [0.717, 1.165) is 0 Å². The van der Waals surface area contributed by atoms with Gasteiger partial charge in [0.05, 0.1) is 0 Å². The Labute approximate surface area is 173 Å². The fraction of sp³-hybridized carbons (Fsp3) is 0.0769. The van der Waals surface area contributed by atoms with E-state index in [1.54, 1.807) is 0 Å². The van der Waals surface area contributed by atoms with Crippen LogP contribution in [0, 0.1) is 0 Å². The second-order valence-electron chi connectivity index (χ2n) is 8.35. The maximum atomic E-state index is 7.53. The molecule has 0 saturated heterocycles. The standard InChI is InChI=1S/C26H22OSi2/c1-28(23-15-7-3-11-19(23)20-12-4-8-16-24(20)28)27-29(2)25-17-9-5-13-21(25)22-14-6-10-18-26(22)29/h3-18H,1-2H3. The maximum Gasteiger partial charge on any atom is 0.243 e. The molecular weight excluding hydrogens is 384 g/mol. The molecule has 2 aliphatic heterocycles. The third-order valence-corrected chi connectivity index (χ3v) is 15.9. The van der Waals surface area contributed by atoms with Crippen molar-refractivity contribution in [2.45, 2.75) is 13.1 Å². The van der Waals surface area contributed by atoms with Gasteiger partial charge in [0.25, 0.3) is 0 Å². The molecule has 1 nitrogen and oxygen atoms in total. The predicted octanol–water partition coefficient (Wildman–Crippen LogP) is 3.74. The summed E-state index contributed by atoms with van der Waals surface area (Å²) in [5, 5.41) is 5.65. The van der Waals surface area contributed by atoms with Crippen molar-refractivity contribution in [3.63, 3.8) is 0 Å². The summed E-state index contributed by atoms with van der Waals surface area (Å²) < 4.78 is 7.53. The average Bonchev–Trinajstić information content (AvgIpc) is 3.17. The molecule has 2 aliphatic rings. The fourth-order valence-corrected chi connectivity index (χ4v) is 15.6. The van der Waals surface area contributed by atoms with Gasteiger partial charge in [-0.25, -0.2) is 0 Å². The molecule has 0 bridgehead atoms. The van der Waals surface area contributed by atoms with Gasteiger partial charge in [-0.3, -0.25) is 0 Å². The predicted molar refractivity (Wildman–Crippen MR) is 127 cm³/mol. The number of fused-ring (bicyclic) bond motifs is 6. The lowest BCUT2D eigenvalue weighted by Crippen LogP contribution is -2.68. The van der Waals surface area contributed by atoms with Crippen LogP contribution < -0.4 is 20.7 Å². The van der Waals surface area contributed by atoms with Crippen LogP contribution in [0.5, 0.6) is 0 Å². The molecule has 0 radical (unpaired) electrons. The first-order valence-electron chi connectivity index (χ1n) is 10.2. The minimum atomic E-state index is -2.34. The van der Waals surface area contributed by atoms with Crippen LogP contribution in [0.15, 0.2) is 97.1 Å². The van der Waals surface area contributed by atoms with Crippen LogP contribution in [-0.2, 0) is 4.12 Å². The van der Waals surface area contributed by atoms with Crippen molar-refractivity contribution in [3.05, 3.63) is 97.1 Å². The highest BCUT2D eigenvalue weighted by molar-refractivity contribution is 7.11. The summed E-state index contributed by atoms with van der Waals surface area (Å²) in [4.78, 5) is 0. The summed E-state index contributed by atoms with van der Waals surface area (Å²) in [6, 6.07) is 35.5. The summed E-state index contributed by atoms with van der Waals surface area (Å²) in [5.74, 6) is 0. The van der Waals surface area contributed by atoms with Crippen LogP contribution in [0.4, 0.5) is 0 Å². The summed E-state index contributed by atoms with van der Waals surface area (Å²) >= 11 is 0. The molecule has 0 aromatic heterocycles. The molecule has 6 rings (SSSR count). The highest BCUT2D eigenvalue weighted by Crippen LogP contribution is 2.34. The SMILES string of the molecule is C[Si]1(O[Si]2(C)c3ccccc3-c3ccccc32)c2ccccc2-c2ccccc21. The van der Waals surface area contributed by atoms with Gasteiger partial charge in [-0.15, -0.1) is 0 Å². The van der Waals surface area contributed by atoms with E-state index in [2.05, 4.69) is 110 Å². The second kappa shape index (κ2) is 5.89. The molecule has 3 heteroatoms. The molecule has 0 saturated carbocycles. The van der Waals surface area contributed by atoms with Crippen molar-refractivity contribution in [2.75, 3.05) is 0 Å². The molecule has 0 amide bonds. The Hall–Kier alpha value is -2.73. The summed E-state index contributed by atoms with van der Waals surface area (Å²) in [6.45, 7) is 4.80. The van der Waals surface area contributed by atoms with Crippen LogP contribution >= 0.6 is 0 Å². The van der Waals surface area contributed by atoms with Gasteiger partial charge in [-0.1, -0.05) is 97.1 Å². The molecule has 0 fully saturated rings. The van der Waals surface area contributed by atoms with Crippen LogP contribution in [0.1, 0.15) is 0 Å². The number of benzene rings is 4. The Morgan fingerprint density at radius 1 is 0.414 bits per heavy atom. The lowest BCUT2D eigenvalue weighted by molar-refractivity contribution is 0.589. The lowest BCUT2D eigenvalue weighted by atomic mass is 10.1. The first kappa shape index (κ1) is 17.2. The van der Waals surface area contributed by atoms with Crippen molar-refractivity contribution in [1.29, 1.82) is 0 Å². The van der Waals surface area contributed by atoms with E-state index in [4.69, 9.17) is 4.12 Å². The quantitative estimate of drug-likeness (QED) is 0.461. The first-order chi connectivity index (χ1) is 14.1. The lowest BCUT2D eigenvalue weighted by Gasteiger charge is -2.36. The van der Waals surface area contributed by atoms with Gasteiger partial charge in [-0.05, 0) is 56.1 Å². The summed E-state index contributed by atoms with van der Waals surface area (Å²) in [5.41, 5.74) is 5.42. The summed E-state index contributed by atoms with van der Waals surface area (Å²) in [6.07, 6.45) is 0. The topological polar surface area (TPSA) is 9.23 Å². The zero-order chi connectivity index (χ0) is 19.6. The van der Waals surface area contributed by atoms with Gasteiger partial charge >= 0.3 is 0 Å². The molecule has 0 N–H and O–H groups in total. The molecule has 0 aliphatic carbocycles. The Morgan fingerprint density at radius 2 is 0.655 bits per heavy atom. The van der Waals surface area contributed by atoms with Crippen LogP contribution in [0.2, 0.25) is 13.1 Å². The fourth-order valence-electron chi connectivity index (χ4n) is 5.45. The first-order valence-corrected chi connectivity index (χ1v) is 15.0. The van der Waals surface area contributed by atoms with Gasteiger partial charge in [0.2, 0.25) is 16.6 Å². The van der Waals surface area contributed by atoms with E-state index in [0.29, 0.717) is 0 Å². The Balaban J connectivity index is 1.60. The van der Waals surface area contributed by atoms with E-state index in [1.165, 1.54) is 43.0 Å². The minimum absolute atomic E-state index is 1.36. The number of rotatable bonds is 2. The molecule has 4 aromatic carbocycles. The Kier molecular flexibility index (Phi) is 3.49. The molecule has 29 heavy (non-hydrogen) atoms. The van der Waals surface area contributed by atoms with Gasteiger partial charge in [0.1, 0.15) is 0 Å². The minimum Gasteiger partial charge on any atom is -0.442 e. The molecular formula is C26H22OSi2. The van der Waals surface area contributed by atoms with Crippen molar-refractivity contribution in [2.24, 2.45) is 0 Å². The molecule has 2 heterocycles. The molecule has 140 valence electrons. The Bertz CT molecular complexity index is 1090. The number of hydrogen-bond donors (Lipinski definition) is 0. The van der Waals surface area contributed by atoms with Gasteiger partial charge in [-0.2, -0.15) is 0 Å². The van der Waals surface area contributed by atoms with E-state index in [9.17, 15) is 0 Å². The van der Waals surface area contributed by atoms with Crippen molar-refractivity contribution >= 4 is 37.4 Å². The smallest absolute Gasteiger partial charge is 0.243 e. The normalized spacial score (nSPS) is 16.6. The van der Waals surface area contributed by atoms with Crippen molar-refractivity contribution in [3.8, 4) is 22.3 Å². The third-order valence-electron chi connectivity index (χ3n) is 6.75. The zero-order valence-corrected chi connectivity index (χ0v) is 18.6. The van der Waals surface area contributed by atoms with E-state index in [1.807, 2.05) is 0 Å². The van der Waals surface area contributed by atoms with Crippen LogP contribution in [-0.4, -0.2) is 16.6 Å². The van der Waals surface area contributed by atoms with Crippen molar-refractivity contribution in [1.82, 2.24) is 0 Å². The summed E-state index contributed by atoms with van der Waals surface area (Å²) in [7, 11) is -4.68. The molecule has 0 atom stereocenters. The highest BCUT2D eigenvalue weighted by Gasteiger charge is 2.52. The van der Waals surface area contributed by atoms with Gasteiger partial charge in [0.15, 0.2) is 0 Å².